The Bertz CT molecular complexity index is 1540. The van der Waals surface area contributed by atoms with Gasteiger partial charge in [0.1, 0.15) is 0 Å². The van der Waals surface area contributed by atoms with Crippen LogP contribution in [-0.2, 0) is 28.5 Å². The molecule has 360 valence electrons. The van der Waals surface area contributed by atoms with Crippen LogP contribution in [0, 0.1) is 0 Å². The lowest BCUT2D eigenvalue weighted by molar-refractivity contribution is -0.600. The van der Waals surface area contributed by atoms with Crippen molar-refractivity contribution >= 4 is 5.97 Å². The van der Waals surface area contributed by atoms with Gasteiger partial charge in [0.25, 0.3) is 0 Å². The number of ether oxygens (including phenoxy) is 5. The normalized spacial score (nSPS) is 20.7. The maximum absolute atomic E-state index is 14.6. The zero-order valence-corrected chi connectivity index (χ0v) is 25.1. The minimum atomic E-state index is -9.62. The molecule has 0 bridgehead atoms. The lowest BCUT2D eigenvalue weighted by atomic mass is 10.2. The molecule has 0 aromatic rings. The summed E-state index contributed by atoms with van der Waals surface area (Å²) in [6.45, 7) is 0. The molecule has 0 amide bonds. The molecule has 0 aliphatic rings. The molecule has 0 aliphatic carbocycles. The molecule has 5 atom stereocenters. The summed E-state index contributed by atoms with van der Waals surface area (Å²) in [6, 6.07) is 0. The van der Waals surface area contributed by atoms with Crippen molar-refractivity contribution in [2.75, 3.05) is 0 Å². The number of halogens is 35. The fraction of sp³-hybridized carbons (Fsp3) is 0.944. The van der Waals surface area contributed by atoms with Crippen molar-refractivity contribution in [3.63, 3.8) is 0 Å². The second kappa shape index (κ2) is 14.7. The zero-order valence-electron chi connectivity index (χ0n) is 25.1. The molecule has 0 spiro atoms. The summed E-state index contributed by atoms with van der Waals surface area (Å²) in [6.07, 6.45) is -98.3. The van der Waals surface area contributed by atoms with E-state index >= 15 is 0 Å². The fourth-order valence-electron chi connectivity index (χ4n) is 2.73. The van der Waals surface area contributed by atoms with Crippen molar-refractivity contribution in [3.05, 3.63) is 0 Å². The van der Waals surface area contributed by atoms with Gasteiger partial charge >= 0.3 is 109 Å². The highest BCUT2D eigenvalue weighted by molar-refractivity contribution is 5.76. The molecule has 60 heavy (non-hydrogen) atoms. The molecule has 0 heterocycles. The maximum Gasteiger partial charge on any atom is 0.462 e. The average molecular weight is 994 g/mol. The molecule has 0 saturated heterocycles. The van der Waals surface area contributed by atoms with Gasteiger partial charge < -0.3 is 5.11 Å². The van der Waals surface area contributed by atoms with Gasteiger partial charge in [0.05, 0.1) is 0 Å². The molecule has 42 heteroatoms. The molecule has 0 aromatic heterocycles. The molecule has 7 nitrogen and oxygen atoms in total. The number of aliphatic carboxylic acids is 1. The van der Waals surface area contributed by atoms with Gasteiger partial charge in [-0.15, -0.1) is 0 Å². The van der Waals surface area contributed by atoms with Crippen molar-refractivity contribution in [3.8, 4) is 0 Å². The van der Waals surface area contributed by atoms with Gasteiger partial charge in [0.15, 0.2) is 0 Å². The van der Waals surface area contributed by atoms with Crippen LogP contribution in [0.4, 0.5) is 154 Å². The van der Waals surface area contributed by atoms with Crippen molar-refractivity contribution < 1.29 is 187 Å². The minimum Gasteiger partial charge on any atom is -0.477 e. The van der Waals surface area contributed by atoms with E-state index in [9.17, 15) is 158 Å². The molecule has 0 unspecified atom stereocenters. The second-order valence-electron chi connectivity index (χ2n) is 9.94. The largest absolute Gasteiger partial charge is 0.477 e. The Morgan fingerprint density at radius 3 is 0.600 bits per heavy atom. The summed E-state index contributed by atoms with van der Waals surface area (Å²) >= 11 is 0. The summed E-state index contributed by atoms with van der Waals surface area (Å²) < 4.78 is 472. The first kappa shape index (κ1) is 56.8. The smallest absolute Gasteiger partial charge is 0.462 e. The molecule has 0 saturated carbocycles. The Kier molecular flexibility index (Phi) is 13.9. The Hall–Kier alpha value is -3.18. The molecule has 0 rings (SSSR count). The quantitative estimate of drug-likeness (QED) is 0.154. The van der Waals surface area contributed by atoms with Gasteiger partial charge in [-0.05, 0) is 0 Å². The van der Waals surface area contributed by atoms with E-state index in [1.807, 2.05) is 0 Å². The van der Waals surface area contributed by atoms with Crippen molar-refractivity contribution in [1.82, 2.24) is 0 Å². The second-order valence-corrected chi connectivity index (χ2v) is 9.94. The fourth-order valence-corrected chi connectivity index (χ4v) is 2.73. The van der Waals surface area contributed by atoms with Crippen LogP contribution in [0.5, 0.6) is 0 Å². The Labute approximate surface area is 297 Å². The van der Waals surface area contributed by atoms with Gasteiger partial charge in [-0.25, -0.2) is 4.79 Å². The number of rotatable bonds is 16. The molecule has 0 aromatic carbocycles. The molecular weight excluding hydrogens is 993 g/mol. The predicted molar refractivity (Wildman–Crippen MR) is 98.3 cm³/mol. The van der Waals surface area contributed by atoms with Gasteiger partial charge in [-0.2, -0.15) is 154 Å². The first-order valence-electron chi connectivity index (χ1n) is 12.1. The van der Waals surface area contributed by atoms with Gasteiger partial charge in [-0.1, -0.05) is 0 Å². The van der Waals surface area contributed by atoms with Crippen LogP contribution in [0.15, 0.2) is 0 Å². The number of alkyl halides is 35. The lowest BCUT2D eigenvalue weighted by Crippen LogP contribution is -2.73. The van der Waals surface area contributed by atoms with Crippen molar-refractivity contribution in [1.29, 1.82) is 0 Å². The van der Waals surface area contributed by atoms with E-state index in [0.717, 1.165) is 9.47 Å². The summed E-state index contributed by atoms with van der Waals surface area (Å²) in [7, 11) is 0. The first-order valence-corrected chi connectivity index (χ1v) is 12.1. The predicted octanol–water partition coefficient (Wildman–Crippen LogP) is 10.5. The third-order valence-corrected chi connectivity index (χ3v) is 5.66. The Morgan fingerprint density at radius 1 is 0.267 bits per heavy atom. The van der Waals surface area contributed by atoms with Gasteiger partial charge in [0, 0.05) is 0 Å². The third-order valence-electron chi connectivity index (χ3n) is 5.66. The van der Waals surface area contributed by atoms with E-state index in [0.29, 0.717) is 9.47 Å². The molecule has 0 radical (unpaired) electrons. The van der Waals surface area contributed by atoms with Crippen LogP contribution in [0.3, 0.4) is 0 Å². The summed E-state index contributed by atoms with van der Waals surface area (Å²) in [5.74, 6) is -58.6. The van der Waals surface area contributed by atoms with E-state index in [1.54, 1.807) is 0 Å². The van der Waals surface area contributed by atoms with Crippen LogP contribution in [0.25, 0.3) is 0 Å². The highest BCUT2D eigenvalue weighted by Crippen LogP contribution is 2.62. The lowest BCUT2D eigenvalue weighted by Gasteiger charge is -2.44. The SMILES string of the molecule is O=C(O)[C@](F)(OC(F)(F)[C@](F)(OC(F)(F)[C@@](F)(OC(F)(F)[C@@](F)(OC(F)(F)[C@@](F)(OC(F)(F)C(F)(F)C(F)(F)F)C(F)(F)F)C(F)(F)F)C(F)(F)F)C(F)(F)F)C(F)(F)F. The summed E-state index contributed by atoms with van der Waals surface area (Å²) in [5.41, 5.74) is 0. The number of carbonyl (C=O) groups is 1. The van der Waals surface area contributed by atoms with Crippen molar-refractivity contribution in [2.24, 2.45) is 0 Å². The number of hydrogen-bond acceptors (Lipinski definition) is 6. The van der Waals surface area contributed by atoms with E-state index in [-0.39, 0.29) is 0 Å². The molecular formula is C18HF35O7. The van der Waals surface area contributed by atoms with Gasteiger partial charge in [0.2, 0.25) is 0 Å². The maximum atomic E-state index is 14.6. The third kappa shape index (κ3) is 9.14. The number of carboxylic acid groups (broad SMARTS) is 1. The van der Waals surface area contributed by atoms with Crippen LogP contribution >= 0.6 is 0 Å². The minimum absolute atomic E-state index is 0.672. The van der Waals surface area contributed by atoms with Crippen molar-refractivity contribution in [2.45, 2.75) is 103 Å². The molecule has 0 aliphatic heterocycles. The van der Waals surface area contributed by atoms with E-state index in [2.05, 4.69) is 0 Å². The van der Waals surface area contributed by atoms with Crippen LogP contribution < -0.4 is 0 Å². The van der Waals surface area contributed by atoms with Gasteiger partial charge in [-0.3, -0.25) is 23.7 Å². The highest BCUT2D eigenvalue weighted by atomic mass is 19.5. The topological polar surface area (TPSA) is 83.5 Å². The first-order chi connectivity index (χ1) is 25.2. The highest BCUT2D eigenvalue weighted by Gasteiger charge is 2.91. The van der Waals surface area contributed by atoms with Crippen LogP contribution in [0.1, 0.15) is 0 Å². The van der Waals surface area contributed by atoms with E-state index < -0.39 is 109 Å². The van der Waals surface area contributed by atoms with E-state index in [1.165, 1.54) is 4.74 Å². The average Bonchev–Trinajstić information content (AvgIpc) is 2.91. The molecule has 0 fully saturated rings. The van der Waals surface area contributed by atoms with Crippen LogP contribution in [0.2, 0.25) is 0 Å². The Morgan fingerprint density at radius 2 is 0.450 bits per heavy atom. The number of hydrogen-bond donors (Lipinski definition) is 1. The molecule has 1 N–H and O–H groups in total. The summed E-state index contributed by atoms with van der Waals surface area (Å²) in [5, 5.41) is 7.98. The zero-order chi connectivity index (χ0) is 49.6. The van der Waals surface area contributed by atoms with E-state index in [4.69, 9.17) is 5.11 Å². The monoisotopic (exact) mass is 994 g/mol. The van der Waals surface area contributed by atoms with Crippen LogP contribution in [-0.4, -0.2) is 114 Å². The summed E-state index contributed by atoms with van der Waals surface area (Å²) in [4.78, 5) is 10.3. The standard InChI is InChI=1S/C18HF35O7/c19-2(1(54)55,8(26,27)28)56-15(46,47)4(22,10(32,33)34)58-17(50,51)6(24,12(38,39)40)60-18(52,53)7(25,13(41,42)43)59-16(48,49)5(23,11(35,36)37)57-14(44,45)3(20,21)9(29,30)31/h(H,54,55)/t2-,4+,5-,6-,7-/m0/s1. The number of carboxylic acids is 1. The Balaban J connectivity index is 8.02.